The van der Waals surface area contributed by atoms with Gasteiger partial charge in [0.05, 0.1) is 11.0 Å². The van der Waals surface area contributed by atoms with E-state index in [1.807, 2.05) is 17.6 Å². The van der Waals surface area contributed by atoms with Gasteiger partial charge in [-0.15, -0.1) is 0 Å². The van der Waals surface area contributed by atoms with Gasteiger partial charge in [0.2, 0.25) is 0 Å². The lowest BCUT2D eigenvalue weighted by atomic mass is 10.1. The number of fused-ring (bicyclic) bond motifs is 1. The molecule has 0 unspecified atom stereocenters. The Kier molecular flexibility index (Phi) is 3.10. The molecule has 2 N–H and O–H groups in total. The average molecular weight is 290 g/mol. The second-order valence-electron chi connectivity index (χ2n) is 4.54. The zero-order valence-corrected chi connectivity index (χ0v) is 11.7. The third-order valence-corrected chi connectivity index (χ3v) is 3.52. The normalized spacial score (nSPS) is 11.2. The van der Waals surface area contributed by atoms with Crippen LogP contribution in [0.4, 0.5) is 10.1 Å². The van der Waals surface area contributed by atoms with E-state index in [1.54, 1.807) is 18.2 Å². The molecule has 2 aromatic carbocycles. The first-order valence-corrected chi connectivity index (χ1v) is 6.69. The summed E-state index contributed by atoms with van der Waals surface area (Å²) in [4.78, 5) is 4.56. The van der Waals surface area contributed by atoms with Crippen LogP contribution in [0.25, 0.3) is 22.4 Å². The van der Waals surface area contributed by atoms with E-state index in [-0.39, 0.29) is 5.82 Å². The second kappa shape index (κ2) is 4.80. The number of halogens is 2. The van der Waals surface area contributed by atoms with Crippen molar-refractivity contribution in [2.75, 3.05) is 5.73 Å². The minimum atomic E-state index is -0.275. The van der Waals surface area contributed by atoms with Gasteiger partial charge in [-0.05, 0) is 43.3 Å². The third-order valence-electron chi connectivity index (χ3n) is 3.28. The molecule has 5 heteroatoms. The van der Waals surface area contributed by atoms with E-state index in [9.17, 15) is 4.39 Å². The standard InChI is InChI=1S/C15H13ClFN3/c1-2-20-14-8-10(17)4-6-13(14)19-15(20)11-5-3-9(16)7-12(11)18/h3-8H,2,18H2,1H3. The Morgan fingerprint density at radius 1 is 1.25 bits per heavy atom. The first kappa shape index (κ1) is 12.9. The number of aryl methyl sites for hydroxylation is 1. The van der Waals surface area contributed by atoms with Crippen molar-refractivity contribution in [2.24, 2.45) is 0 Å². The Balaban J connectivity index is 2.30. The fourth-order valence-corrected chi connectivity index (χ4v) is 2.54. The van der Waals surface area contributed by atoms with Crippen LogP contribution < -0.4 is 5.73 Å². The van der Waals surface area contributed by atoms with Crippen LogP contribution in [-0.4, -0.2) is 9.55 Å². The van der Waals surface area contributed by atoms with E-state index in [4.69, 9.17) is 17.3 Å². The average Bonchev–Trinajstić information content (AvgIpc) is 2.76. The second-order valence-corrected chi connectivity index (χ2v) is 4.98. The van der Waals surface area contributed by atoms with Crippen molar-refractivity contribution < 1.29 is 4.39 Å². The van der Waals surface area contributed by atoms with Crippen LogP contribution >= 0.6 is 11.6 Å². The van der Waals surface area contributed by atoms with Gasteiger partial charge in [-0.2, -0.15) is 0 Å². The van der Waals surface area contributed by atoms with Crippen molar-refractivity contribution in [3.05, 3.63) is 47.2 Å². The van der Waals surface area contributed by atoms with Gasteiger partial charge in [-0.25, -0.2) is 9.37 Å². The number of aromatic nitrogens is 2. The zero-order valence-electron chi connectivity index (χ0n) is 10.9. The van der Waals surface area contributed by atoms with E-state index >= 15 is 0 Å². The van der Waals surface area contributed by atoms with Gasteiger partial charge in [-0.3, -0.25) is 0 Å². The Morgan fingerprint density at radius 3 is 2.75 bits per heavy atom. The van der Waals surface area contributed by atoms with Gasteiger partial charge in [0.25, 0.3) is 0 Å². The highest BCUT2D eigenvalue weighted by Gasteiger charge is 2.14. The number of hydrogen-bond donors (Lipinski definition) is 1. The molecule has 0 aliphatic heterocycles. The highest BCUT2D eigenvalue weighted by Crippen LogP contribution is 2.30. The molecule has 3 aromatic rings. The molecular formula is C15H13ClFN3. The summed E-state index contributed by atoms with van der Waals surface area (Å²) in [7, 11) is 0. The molecule has 0 fully saturated rings. The maximum atomic E-state index is 13.4. The topological polar surface area (TPSA) is 43.8 Å². The summed E-state index contributed by atoms with van der Waals surface area (Å²) < 4.78 is 15.4. The molecule has 3 rings (SSSR count). The van der Waals surface area contributed by atoms with E-state index < -0.39 is 0 Å². The molecular weight excluding hydrogens is 277 g/mol. The highest BCUT2D eigenvalue weighted by atomic mass is 35.5. The number of nitrogens with two attached hydrogens (primary N) is 1. The Hall–Kier alpha value is -2.07. The van der Waals surface area contributed by atoms with Crippen molar-refractivity contribution in [1.82, 2.24) is 9.55 Å². The largest absolute Gasteiger partial charge is 0.398 e. The molecule has 102 valence electrons. The summed E-state index contributed by atoms with van der Waals surface area (Å²) >= 11 is 5.92. The predicted molar refractivity (Wildman–Crippen MR) is 80.2 cm³/mol. The number of nitrogen functional groups attached to an aromatic ring is 1. The number of imidazole rings is 1. The Bertz CT molecular complexity index is 795. The van der Waals surface area contributed by atoms with E-state index in [2.05, 4.69) is 4.98 Å². The Labute approximate surface area is 120 Å². The van der Waals surface area contributed by atoms with Gasteiger partial charge < -0.3 is 10.3 Å². The summed E-state index contributed by atoms with van der Waals surface area (Å²) in [6.07, 6.45) is 0. The fraction of sp³-hybridized carbons (Fsp3) is 0.133. The lowest BCUT2D eigenvalue weighted by Gasteiger charge is -2.08. The zero-order chi connectivity index (χ0) is 14.3. The predicted octanol–water partition coefficient (Wildman–Crippen LogP) is 4.10. The highest BCUT2D eigenvalue weighted by molar-refractivity contribution is 6.31. The molecule has 20 heavy (non-hydrogen) atoms. The maximum Gasteiger partial charge on any atom is 0.143 e. The summed E-state index contributed by atoms with van der Waals surface area (Å²) in [5, 5.41) is 0.580. The summed E-state index contributed by atoms with van der Waals surface area (Å²) in [6, 6.07) is 9.86. The van der Waals surface area contributed by atoms with Crippen LogP contribution in [0.5, 0.6) is 0 Å². The molecule has 0 spiro atoms. The molecule has 1 heterocycles. The molecule has 0 saturated carbocycles. The summed E-state index contributed by atoms with van der Waals surface area (Å²) in [6.45, 7) is 2.67. The summed E-state index contributed by atoms with van der Waals surface area (Å²) in [5.74, 6) is 0.449. The SMILES string of the molecule is CCn1c(-c2ccc(Cl)cc2N)nc2ccc(F)cc21. The molecule has 3 nitrogen and oxygen atoms in total. The van der Waals surface area contributed by atoms with Gasteiger partial charge in [0.15, 0.2) is 0 Å². The molecule has 0 bridgehead atoms. The number of hydrogen-bond acceptors (Lipinski definition) is 2. The molecule has 0 amide bonds. The van der Waals surface area contributed by atoms with Gasteiger partial charge in [-0.1, -0.05) is 11.6 Å². The van der Waals surface area contributed by atoms with Crippen LogP contribution in [0, 0.1) is 5.82 Å². The number of rotatable bonds is 2. The molecule has 0 radical (unpaired) electrons. The minimum absolute atomic E-state index is 0.275. The number of benzene rings is 2. The number of nitrogens with zero attached hydrogens (tertiary/aromatic N) is 2. The van der Waals surface area contributed by atoms with E-state index in [1.165, 1.54) is 12.1 Å². The van der Waals surface area contributed by atoms with Gasteiger partial charge in [0, 0.05) is 22.8 Å². The van der Waals surface area contributed by atoms with Crippen molar-refractivity contribution >= 4 is 28.3 Å². The van der Waals surface area contributed by atoms with Gasteiger partial charge >= 0.3 is 0 Å². The first-order chi connectivity index (χ1) is 9.60. The molecule has 1 aromatic heterocycles. The molecule has 0 aliphatic rings. The first-order valence-electron chi connectivity index (χ1n) is 6.31. The molecule has 0 atom stereocenters. The summed E-state index contributed by atoms with van der Waals surface area (Å²) in [5.41, 5.74) is 8.88. The monoisotopic (exact) mass is 289 g/mol. The van der Waals surface area contributed by atoms with E-state index in [0.29, 0.717) is 17.3 Å². The Morgan fingerprint density at radius 2 is 2.05 bits per heavy atom. The van der Waals surface area contributed by atoms with Crippen molar-refractivity contribution in [3.63, 3.8) is 0 Å². The van der Waals surface area contributed by atoms with Crippen LogP contribution in [0.2, 0.25) is 5.02 Å². The van der Waals surface area contributed by atoms with Gasteiger partial charge in [0.1, 0.15) is 11.6 Å². The van der Waals surface area contributed by atoms with Crippen molar-refractivity contribution in [3.8, 4) is 11.4 Å². The number of anilines is 1. The lowest BCUT2D eigenvalue weighted by molar-refractivity contribution is 0.628. The molecule has 0 saturated heterocycles. The van der Waals surface area contributed by atoms with Crippen molar-refractivity contribution in [1.29, 1.82) is 0 Å². The van der Waals surface area contributed by atoms with E-state index in [0.717, 1.165) is 22.4 Å². The maximum absolute atomic E-state index is 13.4. The van der Waals surface area contributed by atoms with Crippen LogP contribution in [0.15, 0.2) is 36.4 Å². The van der Waals surface area contributed by atoms with Crippen LogP contribution in [0.1, 0.15) is 6.92 Å². The fourth-order valence-electron chi connectivity index (χ4n) is 2.36. The minimum Gasteiger partial charge on any atom is -0.398 e. The smallest absolute Gasteiger partial charge is 0.143 e. The third kappa shape index (κ3) is 2.02. The quantitative estimate of drug-likeness (QED) is 0.722. The van der Waals surface area contributed by atoms with Crippen LogP contribution in [-0.2, 0) is 6.54 Å². The molecule has 0 aliphatic carbocycles. The van der Waals surface area contributed by atoms with Crippen LogP contribution in [0.3, 0.4) is 0 Å². The lowest BCUT2D eigenvalue weighted by Crippen LogP contribution is -2.00. The van der Waals surface area contributed by atoms with Crippen molar-refractivity contribution in [2.45, 2.75) is 13.5 Å².